The predicted octanol–water partition coefficient (Wildman–Crippen LogP) is 3.21. The van der Waals surface area contributed by atoms with E-state index in [9.17, 15) is 4.39 Å². The van der Waals surface area contributed by atoms with E-state index in [1.165, 1.54) is 37.8 Å². The molecule has 1 aliphatic carbocycles. The molecule has 1 saturated carbocycles. The molecule has 1 aromatic rings. The normalized spacial score (nSPS) is 17.0. The first kappa shape index (κ1) is 15.8. The lowest BCUT2D eigenvalue weighted by Gasteiger charge is -2.27. The van der Waals surface area contributed by atoms with Crippen LogP contribution in [-0.4, -0.2) is 25.6 Å². The topological polar surface area (TPSA) is 36.4 Å². The fourth-order valence-corrected chi connectivity index (χ4v) is 2.77. The first-order chi connectivity index (χ1) is 10.0. The third-order valence-corrected chi connectivity index (χ3v) is 4.24. The highest BCUT2D eigenvalue weighted by Gasteiger charge is 2.22. The molecule has 4 heteroatoms. The zero-order valence-electron chi connectivity index (χ0n) is 13.2. The Kier molecular flexibility index (Phi) is 5.21. The number of nitrogens with one attached hydrogen (secondary N) is 2. The second-order valence-corrected chi connectivity index (χ2v) is 6.44. The average Bonchev–Trinajstić information content (AvgIpc) is 2.97. The van der Waals surface area contributed by atoms with Gasteiger partial charge in [-0.25, -0.2) is 4.39 Å². The highest BCUT2D eigenvalue weighted by atomic mass is 19.1. The van der Waals surface area contributed by atoms with E-state index in [1.54, 1.807) is 7.05 Å². The summed E-state index contributed by atoms with van der Waals surface area (Å²) in [5.41, 5.74) is 1.04. The molecule has 0 bridgehead atoms. The minimum atomic E-state index is -0.193. The lowest BCUT2D eigenvalue weighted by atomic mass is 9.84. The van der Waals surface area contributed by atoms with Crippen LogP contribution in [0.15, 0.2) is 29.3 Å². The van der Waals surface area contributed by atoms with Gasteiger partial charge in [0, 0.05) is 25.0 Å². The summed E-state index contributed by atoms with van der Waals surface area (Å²) in [6.07, 6.45) is 5.05. The van der Waals surface area contributed by atoms with Crippen LogP contribution in [0.5, 0.6) is 0 Å². The molecule has 1 fully saturated rings. The summed E-state index contributed by atoms with van der Waals surface area (Å²) in [5.74, 6) is 0.665. The number of aliphatic imine (C=N–C) groups is 1. The van der Waals surface area contributed by atoms with Gasteiger partial charge in [0.2, 0.25) is 0 Å². The van der Waals surface area contributed by atoms with Gasteiger partial charge in [-0.1, -0.05) is 38.8 Å². The van der Waals surface area contributed by atoms with Crippen molar-refractivity contribution in [2.45, 2.75) is 51.0 Å². The highest BCUT2D eigenvalue weighted by molar-refractivity contribution is 5.80. The van der Waals surface area contributed by atoms with Crippen molar-refractivity contribution in [3.05, 3.63) is 35.6 Å². The van der Waals surface area contributed by atoms with Crippen molar-refractivity contribution < 1.29 is 4.39 Å². The van der Waals surface area contributed by atoms with Gasteiger partial charge in [0.05, 0.1) is 0 Å². The maximum Gasteiger partial charge on any atom is 0.191 e. The van der Waals surface area contributed by atoms with Crippen LogP contribution >= 0.6 is 0 Å². The van der Waals surface area contributed by atoms with Crippen molar-refractivity contribution in [1.82, 2.24) is 10.6 Å². The van der Waals surface area contributed by atoms with Gasteiger partial charge in [0.1, 0.15) is 5.82 Å². The van der Waals surface area contributed by atoms with E-state index >= 15 is 0 Å². The predicted molar refractivity (Wildman–Crippen MR) is 86.2 cm³/mol. The van der Waals surface area contributed by atoms with Crippen LogP contribution in [0.25, 0.3) is 0 Å². The largest absolute Gasteiger partial charge is 0.356 e. The van der Waals surface area contributed by atoms with Crippen LogP contribution < -0.4 is 10.6 Å². The van der Waals surface area contributed by atoms with E-state index in [-0.39, 0.29) is 11.2 Å². The number of hydrogen-bond donors (Lipinski definition) is 2. The maximum absolute atomic E-state index is 13.0. The number of guanidine groups is 1. The maximum atomic E-state index is 13.0. The smallest absolute Gasteiger partial charge is 0.191 e. The van der Waals surface area contributed by atoms with E-state index in [2.05, 4.69) is 29.5 Å². The van der Waals surface area contributed by atoms with Gasteiger partial charge in [0.25, 0.3) is 0 Å². The SMILES string of the molecule is CN=C(NCC(C)(C)c1ccc(F)cc1)NC1CCCC1. The summed E-state index contributed by atoms with van der Waals surface area (Å²) >= 11 is 0. The molecule has 0 heterocycles. The van der Waals surface area contributed by atoms with E-state index in [0.29, 0.717) is 6.04 Å². The van der Waals surface area contributed by atoms with Crippen molar-refractivity contribution in [2.24, 2.45) is 4.99 Å². The van der Waals surface area contributed by atoms with Gasteiger partial charge in [-0.15, -0.1) is 0 Å². The van der Waals surface area contributed by atoms with Gasteiger partial charge in [-0.3, -0.25) is 4.99 Å². The van der Waals surface area contributed by atoms with Crippen molar-refractivity contribution >= 4 is 5.96 Å². The Morgan fingerprint density at radius 3 is 2.43 bits per heavy atom. The van der Waals surface area contributed by atoms with E-state index in [0.717, 1.165) is 18.1 Å². The van der Waals surface area contributed by atoms with Crippen LogP contribution in [0.3, 0.4) is 0 Å². The molecule has 2 N–H and O–H groups in total. The third-order valence-electron chi connectivity index (χ3n) is 4.24. The van der Waals surface area contributed by atoms with Crippen LogP contribution in [0.1, 0.15) is 45.1 Å². The van der Waals surface area contributed by atoms with E-state index in [4.69, 9.17) is 0 Å². The molecule has 0 amide bonds. The molecule has 21 heavy (non-hydrogen) atoms. The van der Waals surface area contributed by atoms with E-state index in [1.807, 2.05) is 12.1 Å². The van der Waals surface area contributed by atoms with E-state index < -0.39 is 0 Å². The monoisotopic (exact) mass is 291 g/mol. The van der Waals surface area contributed by atoms with Crippen molar-refractivity contribution in [3.63, 3.8) is 0 Å². The van der Waals surface area contributed by atoms with Crippen LogP contribution in [0.2, 0.25) is 0 Å². The summed E-state index contributed by atoms with van der Waals surface area (Å²) < 4.78 is 13.0. The number of hydrogen-bond acceptors (Lipinski definition) is 1. The second kappa shape index (κ2) is 6.92. The zero-order chi connectivity index (χ0) is 15.3. The zero-order valence-corrected chi connectivity index (χ0v) is 13.2. The van der Waals surface area contributed by atoms with Gasteiger partial charge < -0.3 is 10.6 Å². The van der Waals surface area contributed by atoms with Crippen molar-refractivity contribution in [2.75, 3.05) is 13.6 Å². The second-order valence-electron chi connectivity index (χ2n) is 6.44. The number of nitrogens with zero attached hydrogens (tertiary/aromatic N) is 1. The molecule has 3 nitrogen and oxygen atoms in total. The van der Waals surface area contributed by atoms with Gasteiger partial charge in [0.15, 0.2) is 5.96 Å². The first-order valence-corrected chi connectivity index (χ1v) is 7.74. The molecule has 0 aliphatic heterocycles. The van der Waals surface area contributed by atoms with Gasteiger partial charge in [-0.2, -0.15) is 0 Å². The Labute approximate surface area is 127 Å². The van der Waals surface area contributed by atoms with Crippen LogP contribution in [0.4, 0.5) is 4.39 Å². The molecular formula is C17H26FN3. The highest BCUT2D eigenvalue weighted by Crippen LogP contribution is 2.22. The Balaban J connectivity index is 1.91. The minimum Gasteiger partial charge on any atom is -0.356 e. The average molecular weight is 291 g/mol. The lowest BCUT2D eigenvalue weighted by Crippen LogP contribution is -2.46. The molecular weight excluding hydrogens is 265 g/mol. The summed E-state index contributed by atoms with van der Waals surface area (Å²) in [7, 11) is 1.80. The van der Waals surface area contributed by atoms with Gasteiger partial charge >= 0.3 is 0 Å². The van der Waals surface area contributed by atoms with Crippen molar-refractivity contribution in [3.8, 4) is 0 Å². The Morgan fingerprint density at radius 1 is 1.24 bits per heavy atom. The Bertz CT molecular complexity index is 473. The molecule has 0 radical (unpaired) electrons. The molecule has 116 valence electrons. The minimum absolute atomic E-state index is 0.0823. The summed E-state index contributed by atoms with van der Waals surface area (Å²) in [6.45, 7) is 5.05. The molecule has 0 atom stereocenters. The fraction of sp³-hybridized carbons (Fsp3) is 0.588. The number of rotatable bonds is 4. The summed E-state index contributed by atoms with van der Waals surface area (Å²) in [6, 6.07) is 7.28. The first-order valence-electron chi connectivity index (χ1n) is 7.74. The fourth-order valence-electron chi connectivity index (χ4n) is 2.77. The molecule has 0 unspecified atom stereocenters. The number of benzene rings is 1. The lowest BCUT2D eigenvalue weighted by molar-refractivity contribution is 0.501. The molecule has 0 saturated heterocycles. The molecule has 0 spiro atoms. The molecule has 1 aromatic carbocycles. The summed E-state index contributed by atoms with van der Waals surface area (Å²) in [4.78, 5) is 4.30. The Morgan fingerprint density at radius 2 is 1.86 bits per heavy atom. The standard InChI is InChI=1S/C17H26FN3/c1-17(2,13-8-10-14(18)11-9-13)12-20-16(19-3)21-15-6-4-5-7-15/h8-11,15H,4-7,12H2,1-3H3,(H2,19,20,21). The molecule has 0 aromatic heterocycles. The summed E-state index contributed by atoms with van der Waals surface area (Å²) in [5, 5.41) is 6.87. The quantitative estimate of drug-likeness (QED) is 0.660. The van der Waals surface area contributed by atoms with Gasteiger partial charge in [-0.05, 0) is 30.5 Å². The van der Waals surface area contributed by atoms with Crippen LogP contribution in [-0.2, 0) is 5.41 Å². The Hall–Kier alpha value is -1.58. The third kappa shape index (κ3) is 4.45. The number of halogens is 1. The molecule has 1 aliphatic rings. The van der Waals surface area contributed by atoms with Crippen molar-refractivity contribution in [1.29, 1.82) is 0 Å². The molecule has 2 rings (SSSR count). The van der Waals surface area contributed by atoms with Crippen LogP contribution in [0, 0.1) is 5.82 Å².